The molecule has 0 saturated carbocycles. The Labute approximate surface area is 141 Å². The zero-order valence-corrected chi connectivity index (χ0v) is 14.3. The molecule has 1 aliphatic rings. The van der Waals surface area contributed by atoms with Crippen molar-refractivity contribution >= 4 is 29.2 Å². The molecule has 2 rings (SSSR count). The Morgan fingerprint density at radius 2 is 2.09 bits per heavy atom. The number of nitrogens with one attached hydrogen (secondary N) is 1. The predicted molar refractivity (Wildman–Crippen MR) is 89.5 cm³/mol. The van der Waals surface area contributed by atoms with Gasteiger partial charge in [-0.3, -0.25) is 9.69 Å². The number of hydrogen-bond donors (Lipinski definition) is 1. The zero-order valence-electron chi connectivity index (χ0n) is 12.8. The summed E-state index contributed by atoms with van der Waals surface area (Å²) < 4.78 is 4.97. The summed E-state index contributed by atoms with van der Waals surface area (Å²) >= 11 is 12.2. The highest BCUT2D eigenvalue weighted by Gasteiger charge is 2.24. The lowest BCUT2D eigenvalue weighted by molar-refractivity contribution is -0.143. The first-order chi connectivity index (χ1) is 10.6. The van der Waals surface area contributed by atoms with Crippen LogP contribution in [0.4, 0.5) is 0 Å². The fourth-order valence-electron chi connectivity index (χ4n) is 2.77. The van der Waals surface area contributed by atoms with Gasteiger partial charge in [0.2, 0.25) is 0 Å². The molecule has 0 aromatic heterocycles. The van der Waals surface area contributed by atoms with Gasteiger partial charge in [-0.05, 0) is 43.7 Å². The lowest BCUT2D eigenvalue weighted by Crippen LogP contribution is -2.46. The fraction of sp³-hybridized carbons (Fsp3) is 0.562. The normalized spacial score (nSPS) is 19.1. The van der Waals surface area contributed by atoms with Crippen molar-refractivity contribution in [3.8, 4) is 0 Å². The smallest absolute Gasteiger partial charge is 0.305 e. The molecule has 4 nitrogen and oxygen atoms in total. The molecule has 122 valence electrons. The van der Waals surface area contributed by atoms with Crippen LogP contribution < -0.4 is 5.32 Å². The molecule has 1 aliphatic heterocycles. The molecule has 1 N–H and O–H groups in total. The Balaban J connectivity index is 1.97. The minimum Gasteiger partial charge on any atom is -0.466 e. The highest BCUT2D eigenvalue weighted by atomic mass is 35.5. The molecule has 6 heteroatoms. The van der Waals surface area contributed by atoms with Gasteiger partial charge in [0.05, 0.1) is 6.61 Å². The van der Waals surface area contributed by atoms with E-state index in [2.05, 4.69) is 10.2 Å². The topological polar surface area (TPSA) is 41.6 Å². The van der Waals surface area contributed by atoms with Gasteiger partial charge in [0.1, 0.15) is 0 Å². The van der Waals surface area contributed by atoms with E-state index in [4.69, 9.17) is 27.9 Å². The first-order valence-corrected chi connectivity index (χ1v) is 8.42. The van der Waals surface area contributed by atoms with Gasteiger partial charge in [-0.2, -0.15) is 0 Å². The van der Waals surface area contributed by atoms with Crippen molar-refractivity contribution in [3.05, 3.63) is 33.8 Å². The molecule has 0 radical (unpaired) electrons. The largest absolute Gasteiger partial charge is 0.466 e. The molecular formula is C16H22Cl2N2O2. The molecule has 1 aromatic rings. The van der Waals surface area contributed by atoms with Gasteiger partial charge in [-0.25, -0.2) is 0 Å². The predicted octanol–water partition coefficient (Wildman–Crippen LogP) is 3.28. The number of esters is 1. The van der Waals surface area contributed by atoms with Crippen LogP contribution in [0.1, 0.15) is 31.4 Å². The van der Waals surface area contributed by atoms with E-state index in [1.54, 1.807) is 6.07 Å². The Morgan fingerprint density at radius 3 is 2.77 bits per heavy atom. The van der Waals surface area contributed by atoms with Crippen molar-refractivity contribution in [2.24, 2.45) is 0 Å². The summed E-state index contributed by atoms with van der Waals surface area (Å²) in [6.45, 7) is 5.87. The van der Waals surface area contributed by atoms with Gasteiger partial charge in [-0.15, -0.1) is 0 Å². The summed E-state index contributed by atoms with van der Waals surface area (Å²) in [5.41, 5.74) is 1.11. The Morgan fingerprint density at radius 1 is 1.36 bits per heavy atom. The molecule has 0 bridgehead atoms. The van der Waals surface area contributed by atoms with Crippen LogP contribution >= 0.6 is 23.2 Å². The molecule has 1 atom stereocenters. The van der Waals surface area contributed by atoms with E-state index < -0.39 is 0 Å². The van der Waals surface area contributed by atoms with E-state index in [0.29, 0.717) is 23.1 Å². The third-order valence-corrected chi connectivity index (χ3v) is 4.19. The van der Waals surface area contributed by atoms with Crippen LogP contribution in [-0.4, -0.2) is 43.7 Å². The summed E-state index contributed by atoms with van der Waals surface area (Å²) in [6, 6.07) is 5.90. The van der Waals surface area contributed by atoms with Gasteiger partial charge < -0.3 is 10.1 Å². The van der Waals surface area contributed by atoms with Gasteiger partial charge in [0.15, 0.2) is 0 Å². The fourth-order valence-corrected chi connectivity index (χ4v) is 3.31. The van der Waals surface area contributed by atoms with Crippen molar-refractivity contribution in [3.63, 3.8) is 0 Å². The monoisotopic (exact) mass is 344 g/mol. The van der Waals surface area contributed by atoms with E-state index in [9.17, 15) is 4.79 Å². The molecular weight excluding hydrogens is 323 g/mol. The second-order valence-corrected chi connectivity index (χ2v) is 6.24. The van der Waals surface area contributed by atoms with E-state index in [0.717, 1.165) is 38.2 Å². The highest BCUT2D eigenvalue weighted by molar-refractivity contribution is 6.34. The first kappa shape index (κ1) is 17.5. The summed E-state index contributed by atoms with van der Waals surface area (Å²) in [5.74, 6) is -0.125. The Bertz CT molecular complexity index is 491. The molecule has 0 amide bonds. The molecule has 1 unspecified atom stereocenters. The van der Waals surface area contributed by atoms with Crippen LogP contribution in [0.2, 0.25) is 10.0 Å². The van der Waals surface area contributed by atoms with Crippen molar-refractivity contribution in [2.45, 2.75) is 25.8 Å². The van der Waals surface area contributed by atoms with Crippen LogP contribution in [0.5, 0.6) is 0 Å². The standard InChI is InChI=1S/C16H22Cl2N2O2/c1-2-22-16(21)4-3-6-20-7-5-19-11-15(20)12-8-13(17)10-14(18)9-12/h8-10,15,19H,2-7,11H2,1H3. The minimum absolute atomic E-state index is 0.125. The third kappa shape index (κ3) is 5.13. The SMILES string of the molecule is CCOC(=O)CCCN1CCNCC1c1cc(Cl)cc(Cl)c1. The summed E-state index contributed by atoms with van der Waals surface area (Å²) in [5, 5.41) is 4.71. The number of carbonyl (C=O) groups excluding carboxylic acids is 1. The van der Waals surface area contributed by atoms with E-state index in [-0.39, 0.29) is 12.0 Å². The number of hydrogen-bond acceptors (Lipinski definition) is 4. The van der Waals surface area contributed by atoms with Crippen molar-refractivity contribution in [2.75, 3.05) is 32.8 Å². The van der Waals surface area contributed by atoms with Crippen LogP contribution in [0.15, 0.2) is 18.2 Å². The average molecular weight is 345 g/mol. The quantitative estimate of drug-likeness (QED) is 0.804. The molecule has 1 saturated heterocycles. The highest BCUT2D eigenvalue weighted by Crippen LogP contribution is 2.28. The van der Waals surface area contributed by atoms with Gasteiger partial charge in [-0.1, -0.05) is 23.2 Å². The molecule has 1 aromatic carbocycles. The Hall–Kier alpha value is -0.810. The summed E-state index contributed by atoms with van der Waals surface area (Å²) in [4.78, 5) is 13.8. The summed E-state index contributed by atoms with van der Waals surface area (Å²) in [7, 11) is 0. The van der Waals surface area contributed by atoms with Crippen LogP contribution in [0.25, 0.3) is 0 Å². The van der Waals surface area contributed by atoms with Crippen LogP contribution in [-0.2, 0) is 9.53 Å². The van der Waals surface area contributed by atoms with Crippen molar-refractivity contribution < 1.29 is 9.53 Å². The van der Waals surface area contributed by atoms with E-state index in [1.807, 2.05) is 19.1 Å². The molecule has 1 heterocycles. The molecule has 0 spiro atoms. The van der Waals surface area contributed by atoms with Crippen LogP contribution in [0.3, 0.4) is 0 Å². The molecule has 0 aliphatic carbocycles. The average Bonchev–Trinajstić information content (AvgIpc) is 2.47. The van der Waals surface area contributed by atoms with E-state index >= 15 is 0 Å². The number of nitrogens with zero attached hydrogens (tertiary/aromatic N) is 1. The maximum Gasteiger partial charge on any atom is 0.305 e. The second kappa shape index (κ2) is 8.73. The van der Waals surface area contributed by atoms with Crippen molar-refractivity contribution in [1.29, 1.82) is 0 Å². The number of ether oxygens (including phenoxy) is 1. The number of rotatable bonds is 6. The third-order valence-electron chi connectivity index (χ3n) is 3.76. The maximum atomic E-state index is 11.4. The van der Waals surface area contributed by atoms with Gasteiger partial charge in [0.25, 0.3) is 0 Å². The lowest BCUT2D eigenvalue weighted by Gasteiger charge is -2.36. The minimum atomic E-state index is -0.125. The lowest BCUT2D eigenvalue weighted by atomic mass is 10.0. The van der Waals surface area contributed by atoms with Gasteiger partial charge >= 0.3 is 5.97 Å². The molecule has 22 heavy (non-hydrogen) atoms. The first-order valence-electron chi connectivity index (χ1n) is 7.66. The summed E-state index contributed by atoms with van der Waals surface area (Å²) in [6.07, 6.45) is 1.25. The zero-order chi connectivity index (χ0) is 15.9. The number of halogens is 2. The number of carbonyl (C=O) groups is 1. The van der Waals surface area contributed by atoms with Crippen LogP contribution in [0, 0.1) is 0 Å². The molecule has 1 fully saturated rings. The maximum absolute atomic E-state index is 11.4. The number of piperazine rings is 1. The Kier molecular flexibility index (Phi) is 6.96. The van der Waals surface area contributed by atoms with E-state index in [1.165, 1.54) is 0 Å². The second-order valence-electron chi connectivity index (χ2n) is 5.37. The number of benzene rings is 1. The van der Waals surface area contributed by atoms with Gasteiger partial charge in [0, 0.05) is 42.1 Å². The van der Waals surface area contributed by atoms with Crippen molar-refractivity contribution in [1.82, 2.24) is 10.2 Å².